The SMILES string of the molecule is O=S1(=O)CCC(NCC(c2ccccc2)N2CCCC2)C1. The second-order valence-corrected chi connectivity index (χ2v) is 8.41. The van der Waals surface area contributed by atoms with E-state index in [1.54, 1.807) is 0 Å². The van der Waals surface area contributed by atoms with E-state index in [1.807, 2.05) is 6.07 Å². The number of hydrogen-bond donors (Lipinski definition) is 1. The molecule has 1 aromatic carbocycles. The van der Waals surface area contributed by atoms with Crippen molar-refractivity contribution in [2.24, 2.45) is 0 Å². The first kappa shape index (κ1) is 15.0. The molecule has 0 aliphatic carbocycles. The van der Waals surface area contributed by atoms with E-state index in [9.17, 15) is 8.42 Å². The number of hydrogen-bond acceptors (Lipinski definition) is 4. The first-order valence-corrected chi connectivity index (χ1v) is 9.69. The van der Waals surface area contributed by atoms with Crippen LogP contribution in [0.25, 0.3) is 0 Å². The van der Waals surface area contributed by atoms with E-state index >= 15 is 0 Å². The van der Waals surface area contributed by atoms with Crippen LogP contribution < -0.4 is 5.32 Å². The van der Waals surface area contributed by atoms with E-state index < -0.39 is 9.84 Å². The van der Waals surface area contributed by atoms with Gasteiger partial charge >= 0.3 is 0 Å². The third kappa shape index (κ3) is 3.84. The van der Waals surface area contributed by atoms with E-state index in [0.29, 0.717) is 17.5 Å². The molecule has 0 bridgehead atoms. The van der Waals surface area contributed by atoms with Gasteiger partial charge in [-0.1, -0.05) is 30.3 Å². The molecule has 5 heteroatoms. The van der Waals surface area contributed by atoms with Crippen molar-refractivity contribution in [2.45, 2.75) is 31.3 Å². The Bertz CT molecular complexity index is 553. The summed E-state index contributed by atoms with van der Waals surface area (Å²) in [5.74, 6) is 0.638. The van der Waals surface area contributed by atoms with Crippen molar-refractivity contribution in [3.05, 3.63) is 35.9 Å². The average molecular weight is 308 g/mol. The largest absolute Gasteiger partial charge is 0.311 e. The van der Waals surface area contributed by atoms with Gasteiger partial charge in [0, 0.05) is 18.6 Å². The lowest BCUT2D eigenvalue weighted by molar-refractivity contribution is 0.234. The van der Waals surface area contributed by atoms with Crippen LogP contribution in [-0.4, -0.2) is 50.5 Å². The molecule has 0 saturated carbocycles. The number of sulfone groups is 1. The predicted molar refractivity (Wildman–Crippen MR) is 85.1 cm³/mol. The second-order valence-electron chi connectivity index (χ2n) is 6.18. The molecular weight excluding hydrogens is 284 g/mol. The van der Waals surface area contributed by atoms with Crippen LogP contribution in [0.5, 0.6) is 0 Å². The maximum Gasteiger partial charge on any atom is 0.151 e. The van der Waals surface area contributed by atoms with Crippen molar-refractivity contribution < 1.29 is 8.42 Å². The summed E-state index contributed by atoms with van der Waals surface area (Å²) in [4.78, 5) is 2.52. The van der Waals surface area contributed by atoms with Gasteiger partial charge in [-0.2, -0.15) is 0 Å². The summed E-state index contributed by atoms with van der Waals surface area (Å²) >= 11 is 0. The lowest BCUT2D eigenvalue weighted by Gasteiger charge is -2.29. The summed E-state index contributed by atoms with van der Waals surface area (Å²) in [6.45, 7) is 3.12. The van der Waals surface area contributed by atoms with E-state index in [1.165, 1.54) is 18.4 Å². The molecule has 0 amide bonds. The highest BCUT2D eigenvalue weighted by atomic mass is 32.2. The summed E-state index contributed by atoms with van der Waals surface area (Å²) in [7, 11) is -2.80. The van der Waals surface area contributed by atoms with Crippen LogP contribution in [0, 0.1) is 0 Å². The Morgan fingerprint density at radius 2 is 1.90 bits per heavy atom. The highest BCUT2D eigenvalue weighted by molar-refractivity contribution is 7.91. The molecule has 2 heterocycles. The van der Waals surface area contributed by atoms with E-state index in [0.717, 1.165) is 26.1 Å². The third-order valence-corrected chi connectivity index (χ3v) is 6.37. The van der Waals surface area contributed by atoms with Crippen molar-refractivity contribution >= 4 is 9.84 Å². The molecule has 116 valence electrons. The van der Waals surface area contributed by atoms with Crippen molar-refractivity contribution in [3.63, 3.8) is 0 Å². The average Bonchev–Trinajstić information content (AvgIpc) is 3.10. The summed E-state index contributed by atoms with van der Waals surface area (Å²) in [6.07, 6.45) is 3.28. The fourth-order valence-corrected chi connectivity index (χ4v) is 5.13. The molecule has 2 atom stereocenters. The maximum atomic E-state index is 11.6. The monoisotopic (exact) mass is 308 g/mol. The second kappa shape index (κ2) is 6.46. The normalized spacial score (nSPS) is 27.0. The quantitative estimate of drug-likeness (QED) is 0.898. The Balaban J connectivity index is 1.65. The molecule has 2 aliphatic heterocycles. The molecule has 2 fully saturated rings. The zero-order valence-electron chi connectivity index (χ0n) is 12.4. The Hall–Kier alpha value is -0.910. The minimum absolute atomic E-state index is 0.129. The van der Waals surface area contributed by atoms with E-state index in [4.69, 9.17) is 0 Å². The molecule has 0 radical (unpaired) electrons. The van der Waals surface area contributed by atoms with Gasteiger partial charge in [0.15, 0.2) is 9.84 Å². The molecule has 3 rings (SSSR count). The summed E-state index contributed by atoms with van der Waals surface area (Å²) in [6, 6.07) is 11.0. The Labute approximate surface area is 127 Å². The van der Waals surface area contributed by atoms with Gasteiger partial charge in [-0.05, 0) is 37.9 Å². The Morgan fingerprint density at radius 1 is 1.19 bits per heavy atom. The topological polar surface area (TPSA) is 49.4 Å². The smallest absolute Gasteiger partial charge is 0.151 e. The lowest BCUT2D eigenvalue weighted by atomic mass is 10.1. The molecule has 1 N–H and O–H groups in total. The van der Waals surface area contributed by atoms with Gasteiger partial charge in [0.1, 0.15) is 0 Å². The highest BCUT2D eigenvalue weighted by Gasteiger charge is 2.29. The number of benzene rings is 1. The van der Waals surface area contributed by atoms with Gasteiger partial charge in [0.25, 0.3) is 0 Å². The van der Waals surface area contributed by atoms with Crippen LogP contribution in [0.15, 0.2) is 30.3 Å². The third-order valence-electron chi connectivity index (χ3n) is 4.60. The highest BCUT2D eigenvalue weighted by Crippen LogP contribution is 2.25. The summed E-state index contributed by atoms with van der Waals surface area (Å²) in [5, 5.41) is 3.49. The molecule has 1 aromatic rings. The maximum absolute atomic E-state index is 11.6. The van der Waals surface area contributed by atoms with E-state index in [2.05, 4.69) is 34.5 Å². The zero-order valence-corrected chi connectivity index (χ0v) is 13.2. The minimum atomic E-state index is -2.80. The number of rotatable bonds is 5. The van der Waals surface area contributed by atoms with Crippen LogP contribution in [0.2, 0.25) is 0 Å². The van der Waals surface area contributed by atoms with Gasteiger partial charge in [-0.3, -0.25) is 4.90 Å². The molecule has 2 saturated heterocycles. The van der Waals surface area contributed by atoms with Crippen molar-refractivity contribution in [1.82, 2.24) is 10.2 Å². The van der Waals surface area contributed by atoms with Gasteiger partial charge < -0.3 is 5.32 Å². The first-order chi connectivity index (χ1) is 10.1. The van der Waals surface area contributed by atoms with Crippen molar-refractivity contribution in [2.75, 3.05) is 31.1 Å². The number of nitrogens with zero attached hydrogens (tertiary/aromatic N) is 1. The molecule has 0 spiro atoms. The summed E-state index contributed by atoms with van der Waals surface area (Å²) in [5.41, 5.74) is 1.33. The first-order valence-electron chi connectivity index (χ1n) is 7.87. The minimum Gasteiger partial charge on any atom is -0.311 e. The molecule has 0 aromatic heterocycles. The standard InChI is InChI=1S/C16H24N2O2S/c19-21(20)11-8-15(13-21)17-12-16(18-9-4-5-10-18)14-6-2-1-3-7-14/h1-3,6-7,15-17H,4-5,8-13H2. The Morgan fingerprint density at radius 3 is 2.52 bits per heavy atom. The predicted octanol–water partition coefficient (Wildman–Crippen LogP) is 1.60. The van der Waals surface area contributed by atoms with Gasteiger partial charge in [-0.15, -0.1) is 0 Å². The van der Waals surface area contributed by atoms with E-state index in [-0.39, 0.29) is 6.04 Å². The van der Waals surface area contributed by atoms with Crippen LogP contribution in [-0.2, 0) is 9.84 Å². The van der Waals surface area contributed by atoms with Crippen LogP contribution in [0.3, 0.4) is 0 Å². The number of nitrogens with one attached hydrogen (secondary N) is 1. The van der Waals surface area contributed by atoms with Gasteiger partial charge in [-0.25, -0.2) is 8.42 Å². The molecule has 2 aliphatic rings. The van der Waals surface area contributed by atoms with Crippen molar-refractivity contribution in [1.29, 1.82) is 0 Å². The number of likely N-dealkylation sites (tertiary alicyclic amines) is 1. The fraction of sp³-hybridized carbons (Fsp3) is 0.625. The van der Waals surface area contributed by atoms with Crippen molar-refractivity contribution in [3.8, 4) is 0 Å². The Kier molecular flexibility index (Phi) is 4.62. The molecule has 2 unspecified atom stereocenters. The molecule has 4 nitrogen and oxygen atoms in total. The zero-order chi connectivity index (χ0) is 14.7. The summed E-state index contributed by atoms with van der Waals surface area (Å²) < 4.78 is 23.1. The fourth-order valence-electron chi connectivity index (χ4n) is 3.42. The van der Waals surface area contributed by atoms with Crippen LogP contribution >= 0.6 is 0 Å². The van der Waals surface area contributed by atoms with Crippen LogP contribution in [0.4, 0.5) is 0 Å². The van der Waals surface area contributed by atoms with Gasteiger partial charge in [0.2, 0.25) is 0 Å². The molecule has 21 heavy (non-hydrogen) atoms. The van der Waals surface area contributed by atoms with Crippen LogP contribution in [0.1, 0.15) is 30.9 Å². The van der Waals surface area contributed by atoms with Gasteiger partial charge in [0.05, 0.1) is 11.5 Å². The lowest BCUT2D eigenvalue weighted by Crippen LogP contribution is -2.39. The molecular formula is C16H24N2O2S.